The summed E-state index contributed by atoms with van der Waals surface area (Å²) in [6, 6.07) is 5.87. The van der Waals surface area contributed by atoms with Crippen molar-refractivity contribution in [1.29, 1.82) is 0 Å². The first-order chi connectivity index (χ1) is 8.92. The third kappa shape index (κ3) is 4.67. The number of benzene rings is 1. The number of rotatable bonds is 4. The predicted molar refractivity (Wildman–Crippen MR) is 55.5 cm³/mol. The number of hydrogen-bond donors (Lipinski definition) is 0. The van der Waals surface area contributed by atoms with E-state index in [0.717, 1.165) is 12.1 Å². The van der Waals surface area contributed by atoms with Crippen molar-refractivity contribution in [3.05, 3.63) is 42.0 Å². The van der Waals surface area contributed by atoms with Crippen LogP contribution in [0.5, 0.6) is 0 Å². The quantitative estimate of drug-likeness (QED) is 0.485. The second kappa shape index (κ2) is 5.60. The Morgan fingerprint density at radius 3 is 1.90 bits per heavy atom. The molecule has 0 saturated heterocycles. The first-order valence-corrected chi connectivity index (χ1v) is 6.32. The van der Waals surface area contributed by atoms with Gasteiger partial charge in [-0.15, -0.1) is 0 Å². The molecule has 0 unspecified atom stereocenters. The van der Waals surface area contributed by atoms with Gasteiger partial charge in [0.25, 0.3) is 0 Å². The molecule has 0 heterocycles. The Hall–Kier alpha value is -1.29. The van der Waals surface area contributed by atoms with Crippen molar-refractivity contribution in [2.24, 2.45) is 0 Å². The molecule has 0 aliphatic carbocycles. The maximum atomic E-state index is 12.3. The van der Waals surface area contributed by atoms with Gasteiger partial charge in [-0.3, -0.25) is 0 Å². The zero-order valence-corrected chi connectivity index (χ0v) is 10.3. The van der Waals surface area contributed by atoms with Crippen molar-refractivity contribution in [3.8, 4) is 0 Å². The molecule has 3 nitrogen and oxygen atoms in total. The van der Waals surface area contributed by atoms with Crippen molar-refractivity contribution in [1.82, 2.24) is 0 Å². The van der Waals surface area contributed by atoms with Gasteiger partial charge in [0, 0.05) is 0 Å². The third-order valence-electron chi connectivity index (χ3n) is 1.95. The van der Waals surface area contributed by atoms with E-state index in [4.69, 9.17) is 0 Å². The van der Waals surface area contributed by atoms with Crippen molar-refractivity contribution >= 4 is 10.1 Å². The monoisotopic (exact) mass is 321 g/mol. The fourth-order valence-electron chi connectivity index (χ4n) is 1.17. The minimum absolute atomic E-state index is 0.405. The van der Waals surface area contributed by atoms with Crippen LogP contribution in [0.4, 0.5) is 26.3 Å². The van der Waals surface area contributed by atoms with Crippen LogP contribution in [0.1, 0.15) is 12.0 Å². The first kappa shape index (κ1) is 16.8. The fraction of sp³-hybridized carbons (Fsp3) is 0.300. The highest BCUT2D eigenvalue weighted by molar-refractivity contribution is 7.87. The molecule has 0 spiro atoms. The molecule has 1 rings (SSSR count). The second-order valence-electron chi connectivity index (χ2n) is 3.56. The van der Waals surface area contributed by atoms with Crippen molar-refractivity contribution in [2.45, 2.75) is 18.1 Å². The van der Waals surface area contributed by atoms with E-state index in [1.54, 1.807) is 0 Å². The standard InChI is InChI=1S/C10H7F6O3S/c11-9(12,13)6-8(7-4-2-1-3-5-7)19-20(17,18)10(14,15)16/h1-5H,6H2. The lowest BCUT2D eigenvalue weighted by Gasteiger charge is -2.19. The summed E-state index contributed by atoms with van der Waals surface area (Å²) in [6.07, 6.45) is -8.20. The van der Waals surface area contributed by atoms with Gasteiger partial charge in [-0.25, -0.2) is 4.18 Å². The minimum Gasteiger partial charge on any atom is -0.248 e. The van der Waals surface area contributed by atoms with E-state index in [1.807, 2.05) is 0 Å². The molecule has 0 saturated carbocycles. The maximum absolute atomic E-state index is 12.3. The molecule has 0 amide bonds. The molecule has 1 radical (unpaired) electrons. The van der Waals surface area contributed by atoms with E-state index < -0.39 is 39.9 Å². The lowest BCUT2D eigenvalue weighted by atomic mass is 10.1. The molecular weight excluding hydrogens is 314 g/mol. The van der Waals surface area contributed by atoms with Gasteiger partial charge in [0.05, 0.1) is 6.42 Å². The van der Waals surface area contributed by atoms with Gasteiger partial charge >= 0.3 is 21.8 Å². The van der Waals surface area contributed by atoms with Crippen molar-refractivity contribution in [3.63, 3.8) is 0 Å². The van der Waals surface area contributed by atoms with Gasteiger partial charge in [0.15, 0.2) is 6.10 Å². The van der Waals surface area contributed by atoms with Crippen LogP contribution in [0.2, 0.25) is 0 Å². The van der Waals surface area contributed by atoms with Crippen LogP contribution in [0.15, 0.2) is 30.3 Å². The normalized spacial score (nSPS) is 13.8. The molecule has 20 heavy (non-hydrogen) atoms. The van der Waals surface area contributed by atoms with Gasteiger partial charge in [-0.05, 0) is 5.56 Å². The SMILES string of the molecule is O=S(=O)(O[C](CC(F)(F)F)c1ccccc1)C(F)(F)F. The summed E-state index contributed by atoms with van der Waals surface area (Å²) in [5.41, 5.74) is -6.21. The molecule has 0 aromatic heterocycles. The van der Waals surface area contributed by atoms with Gasteiger partial charge in [0.2, 0.25) is 0 Å². The molecule has 0 atom stereocenters. The summed E-state index contributed by atoms with van der Waals surface area (Å²) < 4.78 is 98.4. The van der Waals surface area contributed by atoms with E-state index in [0.29, 0.717) is 0 Å². The van der Waals surface area contributed by atoms with E-state index in [1.165, 1.54) is 18.2 Å². The summed E-state index contributed by atoms with van der Waals surface area (Å²) in [4.78, 5) is 0. The largest absolute Gasteiger partial charge is 0.523 e. The zero-order chi connectivity index (χ0) is 15.6. The summed E-state index contributed by atoms with van der Waals surface area (Å²) in [7, 11) is -6.15. The average molecular weight is 321 g/mol. The van der Waals surface area contributed by atoms with Crippen LogP contribution in [0.3, 0.4) is 0 Å². The summed E-state index contributed by atoms with van der Waals surface area (Å²) >= 11 is 0. The van der Waals surface area contributed by atoms with Crippen molar-refractivity contribution < 1.29 is 38.9 Å². The van der Waals surface area contributed by atoms with E-state index in [-0.39, 0.29) is 0 Å². The van der Waals surface area contributed by atoms with Crippen LogP contribution < -0.4 is 0 Å². The third-order valence-corrected chi connectivity index (χ3v) is 2.94. The highest BCUT2D eigenvalue weighted by atomic mass is 32.2. The predicted octanol–water partition coefficient (Wildman–Crippen LogP) is 3.39. The van der Waals surface area contributed by atoms with Crippen LogP contribution >= 0.6 is 0 Å². The maximum Gasteiger partial charge on any atom is 0.523 e. The molecular formula is C10H7F6O3S. The smallest absolute Gasteiger partial charge is 0.248 e. The van der Waals surface area contributed by atoms with Crippen molar-refractivity contribution in [2.75, 3.05) is 0 Å². The van der Waals surface area contributed by atoms with Crippen LogP contribution in [-0.2, 0) is 14.3 Å². The average Bonchev–Trinajstić information content (AvgIpc) is 2.25. The fourth-order valence-corrected chi connectivity index (χ4v) is 1.68. The molecule has 0 aliphatic heterocycles. The Bertz CT molecular complexity index is 534. The highest BCUT2D eigenvalue weighted by Crippen LogP contribution is 2.36. The lowest BCUT2D eigenvalue weighted by molar-refractivity contribution is -0.137. The Labute approximate surface area is 110 Å². The number of alkyl halides is 6. The summed E-state index contributed by atoms with van der Waals surface area (Å²) in [6.45, 7) is 0. The minimum atomic E-state index is -6.15. The van der Waals surface area contributed by atoms with Gasteiger partial charge in [-0.1, -0.05) is 30.3 Å². The zero-order valence-electron chi connectivity index (χ0n) is 9.49. The Balaban J connectivity index is 3.08. The van der Waals surface area contributed by atoms with Crippen LogP contribution in [0, 0.1) is 6.10 Å². The van der Waals surface area contributed by atoms with Gasteiger partial charge in [-0.2, -0.15) is 34.8 Å². The molecule has 113 valence electrons. The molecule has 10 heteroatoms. The Morgan fingerprint density at radius 2 is 1.50 bits per heavy atom. The Morgan fingerprint density at radius 1 is 1.00 bits per heavy atom. The lowest BCUT2D eigenvalue weighted by Crippen LogP contribution is -2.29. The highest BCUT2D eigenvalue weighted by Gasteiger charge is 2.50. The van der Waals surface area contributed by atoms with Gasteiger partial charge < -0.3 is 0 Å². The van der Waals surface area contributed by atoms with E-state index in [2.05, 4.69) is 4.18 Å². The molecule has 1 aromatic carbocycles. The molecule has 1 aromatic rings. The van der Waals surface area contributed by atoms with E-state index in [9.17, 15) is 34.8 Å². The molecule has 0 fully saturated rings. The molecule has 0 N–H and O–H groups in total. The van der Waals surface area contributed by atoms with Gasteiger partial charge in [0.1, 0.15) is 0 Å². The first-order valence-electron chi connectivity index (χ1n) is 4.91. The van der Waals surface area contributed by atoms with E-state index >= 15 is 0 Å². The molecule has 0 aliphatic rings. The number of halogens is 6. The number of hydrogen-bond acceptors (Lipinski definition) is 3. The topological polar surface area (TPSA) is 43.4 Å². The molecule has 0 bridgehead atoms. The Kier molecular flexibility index (Phi) is 4.70. The summed E-state index contributed by atoms with van der Waals surface area (Å²) in [5.74, 6) is 0. The van der Waals surface area contributed by atoms with Crippen LogP contribution in [-0.4, -0.2) is 20.1 Å². The summed E-state index contributed by atoms with van der Waals surface area (Å²) in [5, 5.41) is 0. The second-order valence-corrected chi connectivity index (χ2v) is 5.10. The van der Waals surface area contributed by atoms with Crippen LogP contribution in [0.25, 0.3) is 0 Å².